The van der Waals surface area contributed by atoms with E-state index >= 15 is 0 Å². The first-order valence-corrected chi connectivity index (χ1v) is 5.42. The third kappa shape index (κ3) is 3.80. The molecule has 0 spiro atoms. The maximum atomic E-state index is 9.24. The van der Waals surface area contributed by atoms with Gasteiger partial charge in [0.05, 0.1) is 6.10 Å². The summed E-state index contributed by atoms with van der Waals surface area (Å²) in [5.74, 6) is 0. The SMILES string of the molecule is CCN(CCC(C)O)c1ccc(N)cc1. The lowest BCUT2D eigenvalue weighted by Gasteiger charge is -2.23. The summed E-state index contributed by atoms with van der Waals surface area (Å²) >= 11 is 0. The Morgan fingerprint density at radius 3 is 2.40 bits per heavy atom. The second kappa shape index (κ2) is 5.61. The summed E-state index contributed by atoms with van der Waals surface area (Å²) in [5.41, 5.74) is 7.57. The zero-order chi connectivity index (χ0) is 11.3. The molecule has 0 radical (unpaired) electrons. The van der Waals surface area contributed by atoms with Crippen molar-refractivity contribution in [2.75, 3.05) is 23.7 Å². The molecular formula is C12H20N2O. The van der Waals surface area contributed by atoms with E-state index in [2.05, 4.69) is 11.8 Å². The molecule has 0 saturated heterocycles. The molecule has 0 fully saturated rings. The highest BCUT2D eigenvalue weighted by molar-refractivity contribution is 5.52. The quantitative estimate of drug-likeness (QED) is 0.726. The summed E-state index contributed by atoms with van der Waals surface area (Å²) in [7, 11) is 0. The minimum absolute atomic E-state index is 0.243. The molecule has 0 aromatic heterocycles. The fraction of sp³-hybridized carbons (Fsp3) is 0.500. The van der Waals surface area contributed by atoms with Gasteiger partial charge < -0.3 is 15.7 Å². The molecule has 0 aliphatic carbocycles. The smallest absolute Gasteiger partial charge is 0.0528 e. The molecule has 1 rings (SSSR count). The van der Waals surface area contributed by atoms with Crippen LogP contribution in [0.2, 0.25) is 0 Å². The third-order valence-corrected chi connectivity index (χ3v) is 2.46. The number of nitrogen functional groups attached to an aromatic ring is 1. The van der Waals surface area contributed by atoms with Crippen molar-refractivity contribution in [1.82, 2.24) is 0 Å². The molecule has 1 atom stereocenters. The van der Waals surface area contributed by atoms with Crippen LogP contribution in [-0.2, 0) is 0 Å². The average molecular weight is 208 g/mol. The normalized spacial score (nSPS) is 12.5. The molecule has 15 heavy (non-hydrogen) atoms. The van der Waals surface area contributed by atoms with Crippen LogP contribution in [0, 0.1) is 0 Å². The minimum Gasteiger partial charge on any atom is -0.399 e. The van der Waals surface area contributed by atoms with Gasteiger partial charge >= 0.3 is 0 Å². The monoisotopic (exact) mass is 208 g/mol. The molecule has 3 nitrogen and oxygen atoms in total. The molecule has 0 amide bonds. The van der Waals surface area contributed by atoms with E-state index in [1.165, 1.54) is 0 Å². The highest BCUT2D eigenvalue weighted by atomic mass is 16.3. The lowest BCUT2D eigenvalue weighted by Crippen LogP contribution is -2.26. The lowest BCUT2D eigenvalue weighted by molar-refractivity contribution is 0.186. The average Bonchev–Trinajstić information content (AvgIpc) is 2.21. The molecule has 0 heterocycles. The van der Waals surface area contributed by atoms with Crippen molar-refractivity contribution in [3.8, 4) is 0 Å². The molecule has 1 aromatic rings. The van der Waals surface area contributed by atoms with Crippen molar-refractivity contribution in [1.29, 1.82) is 0 Å². The van der Waals surface area contributed by atoms with Gasteiger partial charge in [-0.25, -0.2) is 0 Å². The summed E-state index contributed by atoms with van der Waals surface area (Å²) < 4.78 is 0. The summed E-state index contributed by atoms with van der Waals surface area (Å²) in [4.78, 5) is 2.23. The van der Waals surface area contributed by atoms with E-state index < -0.39 is 0 Å². The van der Waals surface area contributed by atoms with Gasteiger partial charge in [0.2, 0.25) is 0 Å². The van der Waals surface area contributed by atoms with Gasteiger partial charge in [0.1, 0.15) is 0 Å². The number of hydrogen-bond acceptors (Lipinski definition) is 3. The lowest BCUT2D eigenvalue weighted by atomic mass is 10.2. The summed E-state index contributed by atoms with van der Waals surface area (Å²) in [6.45, 7) is 5.74. The molecule has 1 aromatic carbocycles. The Morgan fingerprint density at radius 1 is 1.33 bits per heavy atom. The van der Waals surface area contributed by atoms with Crippen LogP contribution >= 0.6 is 0 Å². The van der Waals surface area contributed by atoms with Crippen LogP contribution in [-0.4, -0.2) is 24.3 Å². The summed E-state index contributed by atoms with van der Waals surface area (Å²) in [6, 6.07) is 7.84. The van der Waals surface area contributed by atoms with Gasteiger partial charge in [0, 0.05) is 24.5 Å². The minimum atomic E-state index is -0.243. The highest BCUT2D eigenvalue weighted by Gasteiger charge is 2.05. The van der Waals surface area contributed by atoms with Crippen molar-refractivity contribution >= 4 is 11.4 Å². The van der Waals surface area contributed by atoms with Gasteiger partial charge in [-0.2, -0.15) is 0 Å². The van der Waals surface area contributed by atoms with Gasteiger partial charge in [-0.15, -0.1) is 0 Å². The maximum Gasteiger partial charge on any atom is 0.0528 e. The van der Waals surface area contributed by atoms with E-state index in [9.17, 15) is 5.11 Å². The number of aliphatic hydroxyl groups is 1. The van der Waals surface area contributed by atoms with Gasteiger partial charge in [0.25, 0.3) is 0 Å². The highest BCUT2D eigenvalue weighted by Crippen LogP contribution is 2.16. The molecule has 3 N–H and O–H groups in total. The van der Waals surface area contributed by atoms with Crippen LogP contribution < -0.4 is 10.6 Å². The van der Waals surface area contributed by atoms with E-state index in [1.807, 2.05) is 31.2 Å². The number of benzene rings is 1. The Kier molecular flexibility index (Phi) is 4.43. The zero-order valence-corrected chi connectivity index (χ0v) is 9.48. The molecule has 0 aliphatic heterocycles. The van der Waals surface area contributed by atoms with Gasteiger partial charge in [-0.05, 0) is 44.5 Å². The number of aliphatic hydroxyl groups excluding tert-OH is 1. The number of nitrogens with two attached hydrogens (primary N) is 1. The molecule has 3 heteroatoms. The molecule has 84 valence electrons. The van der Waals surface area contributed by atoms with E-state index in [0.717, 1.165) is 30.9 Å². The van der Waals surface area contributed by atoms with Crippen LogP contribution in [0.3, 0.4) is 0 Å². The molecular weight excluding hydrogens is 188 g/mol. The Balaban J connectivity index is 2.61. The van der Waals surface area contributed by atoms with Crippen LogP contribution in [0.15, 0.2) is 24.3 Å². The fourth-order valence-electron chi connectivity index (χ4n) is 1.50. The topological polar surface area (TPSA) is 49.5 Å². The second-order valence-electron chi connectivity index (χ2n) is 3.81. The Bertz CT molecular complexity index is 282. The third-order valence-electron chi connectivity index (χ3n) is 2.46. The first kappa shape index (κ1) is 11.9. The second-order valence-corrected chi connectivity index (χ2v) is 3.81. The standard InChI is InChI=1S/C12H20N2O/c1-3-14(9-8-10(2)15)12-6-4-11(13)5-7-12/h4-7,10,15H,3,8-9,13H2,1-2H3. The number of rotatable bonds is 5. The molecule has 0 bridgehead atoms. The van der Waals surface area contributed by atoms with Crippen molar-refractivity contribution in [3.05, 3.63) is 24.3 Å². The van der Waals surface area contributed by atoms with Gasteiger partial charge in [-0.3, -0.25) is 0 Å². The van der Waals surface area contributed by atoms with Crippen LogP contribution in [0.4, 0.5) is 11.4 Å². The summed E-state index contributed by atoms with van der Waals surface area (Å²) in [5, 5.41) is 9.24. The van der Waals surface area contributed by atoms with E-state index in [-0.39, 0.29) is 6.10 Å². The number of anilines is 2. The van der Waals surface area contributed by atoms with Crippen LogP contribution in [0.1, 0.15) is 20.3 Å². The van der Waals surface area contributed by atoms with Crippen molar-refractivity contribution in [2.45, 2.75) is 26.4 Å². The van der Waals surface area contributed by atoms with E-state index in [4.69, 9.17) is 5.73 Å². The zero-order valence-electron chi connectivity index (χ0n) is 9.48. The van der Waals surface area contributed by atoms with E-state index in [1.54, 1.807) is 0 Å². The van der Waals surface area contributed by atoms with Gasteiger partial charge in [0.15, 0.2) is 0 Å². The first-order chi connectivity index (χ1) is 7.13. The molecule has 1 unspecified atom stereocenters. The van der Waals surface area contributed by atoms with Gasteiger partial charge in [-0.1, -0.05) is 0 Å². The Labute approximate surface area is 91.5 Å². The first-order valence-electron chi connectivity index (χ1n) is 5.42. The molecule has 0 aliphatic rings. The summed E-state index contributed by atoms with van der Waals surface area (Å²) in [6.07, 6.45) is 0.547. The van der Waals surface area contributed by atoms with Crippen molar-refractivity contribution in [2.24, 2.45) is 0 Å². The fourth-order valence-corrected chi connectivity index (χ4v) is 1.50. The van der Waals surface area contributed by atoms with E-state index in [0.29, 0.717) is 0 Å². The maximum absolute atomic E-state index is 9.24. The number of nitrogens with zero attached hydrogens (tertiary/aromatic N) is 1. The Hall–Kier alpha value is -1.22. The van der Waals surface area contributed by atoms with Crippen LogP contribution in [0.5, 0.6) is 0 Å². The predicted molar refractivity (Wildman–Crippen MR) is 65.0 cm³/mol. The largest absolute Gasteiger partial charge is 0.399 e. The van der Waals surface area contributed by atoms with Crippen molar-refractivity contribution < 1.29 is 5.11 Å². The van der Waals surface area contributed by atoms with Crippen molar-refractivity contribution in [3.63, 3.8) is 0 Å². The molecule has 0 saturated carbocycles. The predicted octanol–water partition coefficient (Wildman–Crippen LogP) is 1.87. The number of hydrogen-bond donors (Lipinski definition) is 2. The Morgan fingerprint density at radius 2 is 1.93 bits per heavy atom. The van der Waals surface area contributed by atoms with Crippen LogP contribution in [0.25, 0.3) is 0 Å².